The monoisotopic (exact) mass is 285 g/mol. The fourth-order valence-corrected chi connectivity index (χ4v) is 2.54. The van der Waals surface area contributed by atoms with Crippen LogP contribution in [0.4, 0.5) is 0 Å². The molecule has 3 nitrogen and oxygen atoms in total. The minimum atomic E-state index is -0.269. The maximum absolute atomic E-state index is 12.5. The van der Waals surface area contributed by atoms with Gasteiger partial charge in [-0.25, -0.2) is 0 Å². The summed E-state index contributed by atoms with van der Waals surface area (Å²) < 4.78 is 1.53. The van der Waals surface area contributed by atoms with E-state index in [1.807, 2.05) is 24.3 Å². The van der Waals surface area contributed by atoms with Crippen LogP contribution in [0.1, 0.15) is 5.56 Å². The SMILES string of the molecule is Cc1c(O)c2ccccc2n(-c2ccccc2Cl)c1=O. The molecule has 0 saturated carbocycles. The Morgan fingerprint density at radius 2 is 1.70 bits per heavy atom. The van der Waals surface area contributed by atoms with Gasteiger partial charge >= 0.3 is 0 Å². The second kappa shape index (κ2) is 4.69. The number of hydrogen-bond acceptors (Lipinski definition) is 2. The van der Waals surface area contributed by atoms with E-state index >= 15 is 0 Å². The van der Waals surface area contributed by atoms with E-state index < -0.39 is 0 Å². The van der Waals surface area contributed by atoms with Crippen LogP contribution in [0, 0.1) is 6.92 Å². The van der Waals surface area contributed by atoms with Crippen LogP contribution in [-0.4, -0.2) is 9.67 Å². The van der Waals surface area contributed by atoms with Crippen LogP contribution in [0.25, 0.3) is 16.6 Å². The summed E-state index contributed by atoms with van der Waals surface area (Å²) in [5.74, 6) is 0.0221. The lowest BCUT2D eigenvalue weighted by Crippen LogP contribution is -2.21. The van der Waals surface area contributed by atoms with Crippen molar-refractivity contribution in [2.24, 2.45) is 0 Å². The average Bonchev–Trinajstić information content (AvgIpc) is 2.47. The van der Waals surface area contributed by atoms with E-state index in [0.29, 0.717) is 27.2 Å². The van der Waals surface area contributed by atoms with Crippen molar-refractivity contribution in [2.45, 2.75) is 6.92 Å². The molecular weight excluding hydrogens is 274 g/mol. The molecule has 0 radical (unpaired) electrons. The van der Waals surface area contributed by atoms with Gasteiger partial charge in [0.2, 0.25) is 0 Å². The molecule has 0 aliphatic carbocycles. The second-order valence-corrected chi connectivity index (χ2v) is 4.99. The highest BCUT2D eigenvalue weighted by Gasteiger charge is 2.15. The molecule has 100 valence electrons. The summed E-state index contributed by atoms with van der Waals surface area (Å²) in [6.07, 6.45) is 0. The molecule has 4 heteroatoms. The van der Waals surface area contributed by atoms with Gasteiger partial charge in [-0.2, -0.15) is 0 Å². The van der Waals surface area contributed by atoms with Gasteiger partial charge in [-0.3, -0.25) is 9.36 Å². The quantitative estimate of drug-likeness (QED) is 0.741. The summed E-state index contributed by atoms with van der Waals surface area (Å²) in [6.45, 7) is 1.61. The molecule has 2 aromatic carbocycles. The number of aromatic nitrogens is 1. The molecule has 1 N–H and O–H groups in total. The minimum Gasteiger partial charge on any atom is -0.507 e. The Morgan fingerprint density at radius 1 is 1.05 bits per heavy atom. The lowest BCUT2D eigenvalue weighted by molar-refractivity contribution is 0.475. The third-order valence-corrected chi connectivity index (χ3v) is 3.69. The number of aromatic hydroxyl groups is 1. The first-order chi connectivity index (χ1) is 9.61. The highest BCUT2D eigenvalue weighted by molar-refractivity contribution is 6.32. The molecular formula is C16H12ClNO2. The van der Waals surface area contributed by atoms with Crippen LogP contribution in [-0.2, 0) is 0 Å². The van der Waals surface area contributed by atoms with Gasteiger partial charge in [-0.1, -0.05) is 35.9 Å². The summed E-state index contributed by atoms with van der Waals surface area (Å²) in [7, 11) is 0. The van der Waals surface area contributed by atoms with Crippen LogP contribution in [0.2, 0.25) is 5.02 Å². The number of fused-ring (bicyclic) bond motifs is 1. The van der Waals surface area contributed by atoms with Crippen LogP contribution < -0.4 is 5.56 Å². The Balaban J connectivity index is 2.54. The minimum absolute atomic E-state index is 0.0221. The molecule has 20 heavy (non-hydrogen) atoms. The largest absolute Gasteiger partial charge is 0.507 e. The van der Waals surface area contributed by atoms with Gasteiger partial charge in [0.25, 0.3) is 5.56 Å². The summed E-state index contributed by atoms with van der Waals surface area (Å²) in [5.41, 5.74) is 1.28. The normalized spacial score (nSPS) is 10.9. The molecule has 0 saturated heterocycles. The van der Waals surface area contributed by atoms with Crippen LogP contribution in [0.3, 0.4) is 0 Å². The van der Waals surface area contributed by atoms with Crippen molar-refractivity contribution in [3.63, 3.8) is 0 Å². The lowest BCUT2D eigenvalue weighted by Gasteiger charge is -2.14. The second-order valence-electron chi connectivity index (χ2n) is 4.58. The predicted octanol–water partition coefficient (Wildman–Crippen LogP) is 3.66. The van der Waals surface area contributed by atoms with E-state index in [2.05, 4.69) is 0 Å². The number of nitrogens with zero attached hydrogens (tertiary/aromatic N) is 1. The van der Waals surface area contributed by atoms with Gasteiger partial charge in [-0.15, -0.1) is 0 Å². The Labute approximate surface area is 120 Å². The molecule has 3 rings (SSSR count). The van der Waals surface area contributed by atoms with Crippen molar-refractivity contribution >= 4 is 22.5 Å². The number of pyridine rings is 1. The van der Waals surface area contributed by atoms with Crippen molar-refractivity contribution in [1.82, 2.24) is 4.57 Å². The van der Waals surface area contributed by atoms with Gasteiger partial charge < -0.3 is 5.11 Å². The molecule has 0 atom stereocenters. The zero-order valence-corrected chi connectivity index (χ0v) is 11.6. The first kappa shape index (κ1) is 12.8. The molecule has 1 heterocycles. The van der Waals surface area contributed by atoms with E-state index in [1.165, 1.54) is 4.57 Å². The molecule has 0 aliphatic rings. The van der Waals surface area contributed by atoms with E-state index in [-0.39, 0.29) is 11.3 Å². The van der Waals surface area contributed by atoms with Crippen LogP contribution in [0.5, 0.6) is 5.75 Å². The van der Waals surface area contributed by atoms with Gasteiger partial charge in [0.05, 0.1) is 21.8 Å². The maximum Gasteiger partial charge on any atom is 0.262 e. The molecule has 0 aliphatic heterocycles. The number of para-hydroxylation sites is 2. The number of halogens is 1. The molecule has 0 fully saturated rings. The standard InChI is InChI=1S/C16H12ClNO2/c1-10-15(19)11-6-2-4-8-13(11)18(16(10)20)14-9-5-3-7-12(14)17/h2-9,19H,1H3. The first-order valence-electron chi connectivity index (χ1n) is 6.19. The maximum atomic E-state index is 12.5. The van der Waals surface area contributed by atoms with Crippen molar-refractivity contribution in [3.8, 4) is 11.4 Å². The van der Waals surface area contributed by atoms with E-state index in [9.17, 15) is 9.90 Å². The van der Waals surface area contributed by atoms with Gasteiger partial charge in [-0.05, 0) is 31.2 Å². The van der Waals surface area contributed by atoms with E-state index in [0.717, 1.165) is 0 Å². The van der Waals surface area contributed by atoms with Gasteiger partial charge in [0.15, 0.2) is 0 Å². The van der Waals surface area contributed by atoms with E-state index in [4.69, 9.17) is 11.6 Å². The smallest absolute Gasteiger partial charge is 0.262 e. The van der Waals surface area contributed by atoms with Crippen molar-refractivity contribution in [1.29, 1.82) is 0 Å². The summed E-state index contributed by atoms with van der Waals surface area (Å²) >= 11 is 6.20. The topological polar surface area (TPSA) is 42.2 Å². The zero-order valence-electron chi connectivity index (χ0n) is 10.8. The van der Waals surface area contributed by atoms with Crippen LogP contribution in [0.15, 0.2) is 53.3 Å². The van der Waals surface area contributed by atoms with Crippen molar-refractivity contribution in [2.75, 3.05) is 0 Å². The first-order valence-corrected chi connectivity index (χ1v) is 6.57. The fourth-order valence-electron chi connectivity index (χ4n) is 2.32. The Hall–Kier alpha value is -2.26. The summed E-state index contributed by atoms with van der Waals surface area (Å²) in [4.78, 5) is 12.5. The zero-order chi connectivity index (χ0) is 14.3. The molecule has 3 aromatic rings. The Morgan fingerprint density at radius 3 is 2.45 bits per heavy atom. The van der Waals surface area contributed by atoms with Crippen LogP contribution >= 0.6 is 11.6 Å². The highest BCUT2D eigenvalue weighted by atomic mass is 35.5. The van der Waals surface area contributed by atoms with Gasteiger partial charge in [0.1, 0.15) is 5.75 Å². The molecule has 1 aromatic heterocycles. The summed E-state index contributed by atoms with van der Waals surface area (Å²) in [5, 5.41) is 11.3. The molecule has 0 amide bonds. The third-order valence-electron chi connectivity index (χ3n) is 3.37. The Bertz CT molecular complexity index is 868. The van der Waals surface area contributed by atoms with Gasteiger partial charge in [0, 0.05) is 5.39 Å². The Kier molecular flexibility index (Phi) is 2.99. The highest BCUT2D eigenvalue weighted by Crippen LogP contribution is 2.29. The number of benzene rings is 2. The molecule has 0 bridgehead atoms. The predicted molar refractivity (Wildman–Crippen MR) is 81.0 cm³/mol. The van der Waals surface area contributed by atoms with Crippen molar-refractivity contribution in [3.05, 3.63) is 69.5 Å². The molecule has 0 unspecified atom stereocenters. The number of rotatable bonds is 1. The fraction of sp³-hybridized carbons (Fsp3) is 0.0625. The summed E-state index contributed by atoms with van der Waals surface area (Å²) in [6, 6.07) is 14.4. The number of hydrogen-bond donors (Lipinski definition) is 1. The lowest BCUT2D eigenvalue weighted by atomic mass is 10.1. The third kappa shape index (κ3) is 1.79. The van der Waals surface area contributed by atoms with Crippen molar-refractivity contribution < 1.29 is 5.11 Å². The van der Waals surface area contributed by atoms with E-state index in [1.54, 1.807) is 31.2 Å². The average molecular weight is 286 g/mol. The molecule has 0 spiro atoms.